The Bertz CT molecular complexity index is 466. The number of hydrogen-bond donors (Lipinski definition) is 1. The van der Waals surface area contributed by atoms with Gasteiger partial charge in [-0.2, -0.15) is 5.10 Å². The Kier molecular flexibility index (Phi) is 2.29. The molecule has 0 spiro atoms. The highest BCUT2D eigenvalue weighted by atomic mass is 127. The Labute approximate surface area is 97.2 Å². The summed E-state index contributed by atoms with van der Waals surface area (Å²) in [5, 5.41) is 8.46. The van der Waals surface area contributed by atoms with Gasteiger partial charge < -0.3 is 0 Å². The molecule has 0 unspecified atom stereocenters. The molecule has 2 nitrogen and oxygen atoms in total. The summed E-state index contributed by atoms with van der Waals surface area (Å²) in [6.45, 7) is 6.64. The molecule has 0 aliphatic rings. The van der Waals surface area contributed by atoms with Gasteiger partial charge in [0, 0.05) is 5.39 Å². The van der Waals surface area contributed by atoms with Crippen molar-refractivity contribution in [1.29, 1.82) is 0 Å². The molecule has 3 heteroatoms. The highest BCUT2D eigenvalue weighted by Crippen LogP contribution is 2.26. The first-order chi connectivity index (χ1) is 6.48. The van der Waals surface area contributed by atoms with Crippen molar-refractivity contribution in [2.75, 3.05) is 0 Å². The van der Waals surface area contributed by atoms with Gasteiger partial charge in [0.05, 0.1) is 5.52 Å². The van der Waals surface area contributed by atoms with E-state index in [1.165, 1.54) is 10.9 Å². The van der Waals surface area contributed by atoms with Crippen LogP contribution >= 0.6 is 22.6 Å². The number of H-pyrrole nitrogens is 1. The lowest BCUT2D eigenvalue weighted by Gasteiger charge is -2.18. The first kappa shape index (κ1) is 9.96. The average Bonchev–Trinajstić information content (AvgIpc) is 2.46. The zero-order valence-corrected chi connectivity index (χ0v) is 10.7. The third kappa shape index (κ3) is 1.65. The molecule has 0 saturated carbocycles. The first-order valence-electron chi connectivity index (χ1n) is 4.62. The van der Waals surface area contributed by atoms with Crippen LogP contribution in [0.15, 0.2) is 18.2 Å². The van der Waals surface area contributed by atoms with E-state index in [1.807, 2.05) is 0 Å². The van der Waals surface area contributed by atoms with Crippen molar-refractivity contribution in [2.24, 2.45) is 0 Å². The maximum atomic E-state index is 4.26. The number of halogens is 1. The topological polar surface area (TPSA) is 28.7 Å². The molecule has 0 aliphatic carbocycles. The van der Waals surface area contributed by atoms with Crippen LogP contribution in [-0.4, -0.2) is 10.2 Å². The number of aromatic amines is 1. The van der Waals surface area contributed by atoms with Crippen LogP contribution in [0.2, 0.25) is 0 Å². The third-order valence-corrected chi connectivity index (χ3v) is 3.20. The maximum absolute atomic E-state index is 4.26. The van der Waals surface area contributed by atoms with E-state index < -0.39 is 0 Å². The molecular weight excluding hydrogens is 287 g/mol. The summed E-state index contributed by atoms with van der Waals surface area (Å²) >= 11 is 2.27. The molecule has 0 atom stereocenters. The first-order valence-corrected chi connectivity index (χ1v) is 5.70. The van der Waals surface area contributed by atoms with E-state index in [1.54, 1.807) is 0 Å². The summed E-state index contributed by atoms with van der Waals surface area (Å²) in [4.78, 5) is 0. The largest absolute Gasteiger partial charge is 0.271 e. The van der Waals surface area contributed by atoms with E-state index in [0.717, 1.165) is 9.22 Å². The minimum absolute atomic E-state index is 0.193. The van der Waals surface area contributed by atoms with Crippen LogP contribution in [0.4, 0.5) is 0 Å². The van der Waals surface area contributed by atoms with Crippen LogP contribution in [0.5, 0.6) is 0 Å². The number of rotatable bonds is 0. The standard InChI is InChI=1S/C11H13IN2/c1-11(2,3)7-4-5-8-9(6-7)13-14-10(8)12/h4-6H,1-3H3,(H,13,14). The molecule has 1 N–H and O–H groups in total. The molecule has 74 valence electrons. The fourth-order valence-corrected chi connectivity index (χ4v) is 2.02. The summed E-state index contributed by atoms with van der Waals surface area (Å²) in [5.74, 6) is 0. The van der Waals surface area contributed by atoms with Gasteiger partial charge in [0.1, 0.15) is 3.70 Å². The van der Waals surface area contributed by atoms with Crippen LogP contribution in [0, 0.1) is 3.70 Å². The van der Waals surface area contributed by atoms with E-state index >= 15 is 0 Å². The quantitative estimate of drug-likeness (QED) is 0.742. The van der Waals surface area contributed by atoms with Gasteiger partial charge >= 0.3 is 0 Å². The average molecular weight is 300 g/mol. The molecular formula is C11H13IN2. The summed E-state index contributed by atoms with van der Waals surface area (Å²) < 4.78 is 1.11. The normalized spacial score (nSPS) is 12.3. The number of aromatic nitrogens is 2. The lowest BCUT2D eigenvalue weighted by Crippen LogP contribution is -2.10. The lowest BCUT2D eigenvalue weighted by atomic mass is 9.87. The van der Waals surface area contributed by atoms with Gasteiger partial charge in [0.2, 0.25) is 0 Å². The van der Waals surface area contributed by atoms with E-state index in [9.17, 15) is 0 Å². The molecule has 2 aromatic rings. The fourth-order valence-electron chi connectivity index (χ4n) is 1.45. The van der Waals surface area contributed by atoms with Crippen molar-refractivity contribution >= 4 is 33.5 Å². The number of nitrogens with zero attached hydrogens (tertiary/aromatic N) is 1. The van der Waals surface area contributed by atoms with Crippen LogP contribution in [-0.2, 0) is 5.41 Å². The summed E-state index contributed by atoms with van der Waals surface area (Å²) in [6.07, 6.45) is 0. The van der Waals surface area contributed by atoms with Gasteiger partial charge in [-0.05, 0) is 45.7 Å². The monoisotopic (exact) mass is 300 g/mol. The van der Waals surface area contributed by atoms with Crippen molar-refractivity contribution in [1.82, 2.24) is 10.2 Å². The van der Waals surface area contributed by atoms with Crippen molar-refractivity contribution in [3.8, 4) is 0 Å². The minimum Gasteiger partial charge on any atom is -0.271 e. The van der Waals surface area contributed by atoms with Gasteiger partial charge in [-0.25, -0.2) is 0 Å². The van der Waals surface area contributed by atoms with E-state index in [-0.39, 0.29) is 5.41 Å². The number of fused-ring (bicyclic) bond motifs is 1. The number of benzene rings is 1. The molecule has 1 heterocycles. The molecule has 2 rings (SSSR count). The Morgan fingerprint density at radius 2 is 2.00 bits per heavy atom. The molecule has 0 fully saturated rings. The molecule has 0 amide bonds. The molecule has 1 aromatic heterocycles. The fraction of sp³-hybridized carbons (Fsp3) is 0.364. The predicted octanol–water partition coefficient (Wildman–Crippen LogP) is 3.47. The minimum atomic E-state index is 0.193. The zero-order valence-electron chi connectivity index (χ0n) is 8.56. The van der Waals surface area contributed by atoms with Gasteiger partial charge in [-0.3, -0.25) is 5.10 Å². The zero-order chi connectivity index (χ0) is 10.3. The Morgan fingerprint density at radius 1 is 1.29 bits per heavy atom. The lowest BCUT2D eigenvalue weighted by molar-refractivity contribution is 0.591. The molecule has 0 saturated heterocycles. The Balaban J connectivity index is 2.63. The van der Waals surface area contributed by atoms with Crippen molar-refractivity contribution in [3.05, 3.63) is 27.5 Å². The molecule has 0 bridgehead atoms. The van der Waals surface area contributed by atoms with Crippen LogP contribution in [0.1, 0.15) is 26.3 Å². The van der Waals surface area contributed by atoms with Crippen molar-refractivity contribution in [2.45, 2.75) is 26.2 Å². The molecule has 0 aliphatic heterocycles. The SMILES string of the molecule is CC(C)(C)c1ccc2c(I)[nH]nc2c1. The van der Waals surface area contributed by atoms with Crippen molar-refractivity contribution in [3.63, 3.8) is 0 Å². The second-order valence-corrected chi connectivity index (χ2v) is 5.60. The van der Waals surface area contributed by atoms with Gasteiger partial charge in [-0.1, -0.05) is 26.8 Å². The highest BCUT2D eigenvalue weighted by Gasteiger charge is 2.14. The van der Waals surface area contributed by atoms with Crippen LogP contribution < -0.4 is 0 Å². The van der Waals surface area contributed by atoms with Gasteiger partial charge in [-0.15, -0.1) is 0 Å². The molecule has 1 aromatic carbocycles. The Morgan fingerprint density at radius 3 is 2.64 bits per heavy atom. The highest BCUT2D eigenvalue weighted by molar-refractivity contribution is 14.1. The van der Waals surface area contributed by atoms with Crippen LogP contribution in [0.25, 0.3) is 10.9 Å². The van der Waals surface area contributed by atoms with E-state index in [4.69, 9.17) is 0 Å². The summed E-state index contributed by atoms with van der Waals surface area (Å²) in [6, 6.07) is 6.48. The second kappa shape index (κ2) is 3.22. The third-order valence-electron chi connectivity index (χ3n) is 2.37. The smallest absolute Gasteiger partial charge is 0.104 e. The second-order valence-electron chi connectivity index (χ2n) is 4.52. The Hall–Kier alpha value is -0.580. The molecule has 14 heavy (non-hydrogen) atoms. The molecule has 0 radical (unpaired) electrons. The van der Waals surface area contributed by atoms with E-state index in [0.29, 0.717) is 0 Å². The van der Waals surface area contributed by atoms with Crippen LogP contribution in [0.3, 0.4) is 0 Å². The van der Waals surface area contributed by atoms with Crippen molar-refractivity contribution < 1.29 is 0 Å². The number of nitrogens with one attached hydrogen (secondary N) is 1. The predicted molar refractivity (Wildman–Crippen MR) is 67.5 cm³/mol. The van der Waals surface area contributed by atoms with E-state index in [2.05, 4.69) is 71.8 Å². The van der Waals surface area contributed by atoms with Gasteiger partial charge in [0.25, 0.3) is 0 Å². The number of hydrogen-bond acceptors (Lipinski definition) is 1. The van der Waals surface area contributed by atoms with Gasteiger partial charge in [0.15, 0.2) is 0 Å². The summed E-state index contributed by atoms with van der Waals surface area (Å²) in [7, 11) is 0. The maximum Gasteiger partial charge on any atom is 0.104 e. The summed E-state index contributed by atoms with van der Waals surface area (Å²) in [5.41, 5.74) is 2.58.